The van der Waals surface area contributed by atoms with Gasteiger partial charge in [0.1, 0.15) is 5.82 Å². The molecule has 78 valence electrons. The van der Waals surface area contributed by atoms with Gasteiger partial charge in [0.2, 0.25) is 0 Å². The third-order valence-electron chi connectivity index (χ3n) is 2.20. The third kappa shape index (κ3) is 2.92. The van der Waals surface area contributed by atoms with Crippen molar-refractivity contribution in [3.63, 3.8) is 0 Å². The molecular weight excluding hydrogens is 292 g/mol. The van der Waals surface area contributed by atoms with E-state index in [0.717, 1.165) is 16.5 Å². The van der Waals surface area contributed by atoms with E-state index in [1.165, 1.54) is 11.6 Å². The molecule has 1 aromatic rings. The maximum atomic E-state index is 12.9. The Bertz CT molecular complexity index is 301. The number of nitrogens with one attached hydrogen (secondary N) is 1. The first kappa shape index (κ1) is 11.9. The fourth-order valence-corrected chi connectivity index (χ4v) is 2.36. The molecule has 0 aliphatic carbocycles. The topological polar surface area (TPSA) is 12.0 Å². The molecule has 3 heteroatoms. The fourth-order valence-electron chi connectivity index (χ4n) is 1.50. The predicted molar refractivity (Wildman–Crippen MR) is 65.8 cm³/mol. The SMILES string of the molecule is CCNC(CC)c1ccc(F)cc1I. The van der Waals surface area contributed by atoms with Gasteiger partial charge in [-0.25, -0.2) is 4.39 Å². The summed E-state index contributed by atoms with van der Waals surface area (Å²) in [5.74, 6) is -0.162. The Kier molecular flexibility index (Phi) is 4.81. The minimum atomic E-state index is -0.162. The van der Waals surface area contributed by atoms with Crippen LogP contribution in [0.4, 0.5) is 4.39 Å². The molecular formula is C11H15FIN. The minimum absolute atomic E-state index is 0.162. The standard InChI is InChI=1S/C11H15FIN/c1-3-11(14-4-2)9-6-5-8(12)7-10(9)13/h5-7,11,14H,3-4H2,1-2H3. The molecule has 0 amide bonds. The summed E-state index contributed by atoms with van der Waals surface area (Å²) in [4.78, 5) is 0. The molecule has 1 atom stereocenters. The van der Waals surface area contributed by atoms with E-state index < -0.39 is 0 Å². The zero-order valence-electron chi connectivity index (χ0n) is 8.48. The van der Waals surface area contributed by atoms with Crippen LogP contribution < -0.4 is 5.32 Å². The highest BCUT2D eigenvalue weighted by Gasteiger charge is 2.11. The summed E-state index contributed by atoms with van der Waals surface area (Å²) in [5, 5.41) is 3.38. The average molecular weight is 307 g/mol. The lowest BCUT2D eigenvalue weighted by Crippen LogP contribution is -2.20. The van der Waals surface area contributed by atoms with Gasteiger partial charge in [-0.3, -0.25) is 0 Å². The molecule has 0 heterocycles. The summed E-state index contributed by atoms with van der Waals surface area (Å²) in [6, 6.07) is 5.31. The number of hydrogen-bond donors (Lipinski definition) is 1. The summed E-state index contributed by atoms with van der Waals surface area (Å²) in [7, 11) is 0. The first-order valence-electron chi connectivity index (χ1n) is 4.87. The van der Waals surface area contributed by atoms with Crippen molar-refractivity contribution >= 4 is 22.6 Å². The number of rotatable bonds is 4. The molecule has 0 saturated heterocycles. The molecule has 0 fully saturated rings. The van der Waals surface area contributed by atoms with E-state index in [2.05, 4.69) is 41.8 Å². The highest BCUT2D eigenvalue weighted by Crippen LogP contribution is 2.23. The van der Waals surface area contributed by atoms with Crippen LogP contribution in [-0.2, 0) is 0 Å². The second-order valence-electron chi connectivity index (χ2n) is 3.18. The van der Waals surface area contributed by atoms with Crippen LogP contribution in [0.2, 0.25) is 0 Å². The summed E-state index contributed by atoms with van der Waals surface area (Å²) in [5.41, 5.74) is 1.19. The fraction of sp³-hybridized carbons (Fsp3) is 0.455. The Hall–Kier alpha value is -0.160. The molecule has 1 nitrogen and oxygen atoms in total. The van der Waals surface area contributed by atoms with Gasteiger partial charge in [-0.05, 0) is 53.3 Å². The maximum Gasteiger partial charge on any atom is 0.124 e. The molecule has 0 aliphatic heterocycles. The van der Waals surface area contributed by atoms with E-state index in [1.807, 2.05) is 6.07 Å². The molecule has 0 bridgehead atoms. The molecule has 1 N–H and O–H groups in total. The molecule has 0 aromatic heterocycles. The van der Waals surface area contributed by atoms with Crippen molar-refractivity contribution in [3.05, 3.63) is 33.1 Å². The number of benzene rings is 1. The Morgan fingerprint density at radius 3 is 2.64 bits per heavy atom. The largest absolute Gasteiger partial charge is 0.310 e. The van der Waals surface area contributed by atoms with Crippen LogP contribution in [0, 0.1) is 9.39 Å². The van der Waals surface area contributed by atoms with Crippen molar-refractivity contribution in [2.24, 2.45) is 0 Å². The molecule has 1 aromatic carbocycles. The van der Waals surface area contributed by atoms with Gasteiger partial charge in [0.15, 0.2) is 0 Å². The molecule has 0 saturated carbocycles. The lowest BCUT2D eigenvalue weighted by Gasteiger charge is -2.17. The Labute approximate surface area is 98.2 Å². The minimum Gasteiger partial charge on any atom is -0.310 e. The quantitative estimate of drug-likeness (QED) is 0.840. The lowest BCUT2D eigenvalue weighted by atomic mass is 10.0. The molecule has 0 aliphatic rings. The molecule has 1 unspecified atom stereocenters. The van der Waals surface area contributed by atoms with Crippen LogP contribution >= 0.6 is 22.6 Å². The second-order valence-corrected chi connectivity index (χ2v) is 4.35. The van der Waals surface area contributed by atoms with E-state index >= 15 is 0 Å². The van der Waals surface area contributed by atoms with Crippen LogP contribution in [0.25, 0.3) is 0 Å². The summed E-state index contributed by atoms with van der Waals surface area (Å²) in [6.07, 6.45) is 1.02. The van der Waals surface area contributed by atoms with Crippen LogP contribution in [0.15, 0.2) is 18.2 Å². The van der Waals surface area contributed by atoms with Crippen molar-refractivity contribution in [2.75, 3.05) is 6.54 Å². The highest BCUT2D eigenvalue weighted by atomic mass is 127. The van der Waals surface area contributed by atoms with Gasteiger partial charge < -0.3 is 5.32 Å². The molecule has 0 radical (unpaired) electrons. The Morgan fingerprint density at radius 1 is 1.43 bits per heavy atom. The van der Waals surface area contributed by atoms with Gasteiger partial charge in [0.05, 0.1) is 0 Å². The second kappa shape index (κ2) is 5.66. The third-order valence-corrected chi connectivity index (χ3v) is 3.13. The lowest BCUT2D eigenvalue weighted by molar-refractivity contribution is 0.533. The van der Waals surface area contributed by atoms with E-state index in [1.54, 1.807) is 6.07 Å². The smallest absolute Gasteiger partial charge is 0.124 e. The van der Waals surface area contributed by atoms with E-state index in [0.29, 0.717) is 6.04 Å². The van der Waals surface area contributed by atoms with Crippen molar-refractivity contribution in [3.8, 4) is 0 Å². The van der Waals surface area contributed by atoms with Crippen molar-refractivity contribution in [1.29, 1.82) is 0 Å². The molecule has 0 spiro atoms. The van der Waals surface area contributed by atoms with Crippen molar-refractivity contribution < 1.29 is 4.39 Å². The van der Waals surface area contributed by atoms with Gasteiger partial charge in [-0.15, -0.1) is 0 Å². The van der Waals surface area contributed by atoms with E-state index in [-0.39, 0.29) is 5.82 Å². The summed E-state index contributed by atoms with van der Waals surface area (Å²) < 4.78 is 13.9. The normalized spacial score (nSPS) is 12.9. The summed E-state index contributed by atoms with van der Waals surface area (Å²) in [6.45, 7) is 5.15. The van der Waals surface area contributed by atoms with Crippen LogP contribution in [-0.4, -0.2) is 6.54 Å². The Morgan fingerprint density at radius 2 is 2.14 bits per heavy atom. The van der Waals surface area contributed by atoms with Gasteiger partial charge in [0.25, 0.3) is 0 Å². The van der Waals surface area contributed by atoms with Crippen molar-refractivity contribution in [1.82, 2.24) is 5.32 Å². The number of hydrogen-bond acceptors (Lipinski definition) is 1. The zero-order valence-corrected chi connectivity index (χ0v) is 10.6. The first-order valence-corrected chi connectivity index (χ1v) is 5.95. The van der Waals surface area contributed by atoms with E-state index in [9.17, 15) is 4.39 Å². The average Bonchev–Trinajstić information content (AvgIpc) is 2.15. The van der Waals surface area contributed by atoms with Crippen molar-refractivity contribution in [2.45, 2.75) is 26.3 Å². The monoisotopic (exact) mass is 307 g/mol. The Balaban J connectivity index is 2.92. The van der Waals surface area contributed by atoms with Gasteiger partial charge in [-0.1, -0.05) is 19.9 Å². The number of halogens is 2. The maximum absolute atomic E-state index is 12.9. The van der Waals surface area contributed by atoms with Crippen LogP contribution in [0.3, 0.4) is 0 Å². The van der Waals surface area contributed by atoms with Crippen LogP contribution in [0.1, 0.15) is 31.9 Å². The van der Waals surface area contributed by atoms with Gasteiger partial charge in [-0.2, -0.15) is 0 Å². The predicted octanol–water partition coefficient (Wildman–Crippen LogP) is 3.49. The van der Waals surface area contributed by atoms with E-state index in [4.69, 9.17) is 0 Å². The zero-order chi connectivity index (χ0) is 10.6. The van der Waals surface area contributed by atoms with Crippen LogP contribution in [0.5, 0.6) is 0 Å². The molecule has 14 heavy (non-hydrogen) atoms. The summed E-state index contributed by atoms with van der Waals surface area (Å²) >= 11 is 2.18. The van der Waals surface area contributed by atoms with Gasteiger partial charge >= 0.3 is 0 Å². The highest BCUT2D eigenvalue weighted by molar-refractivity contribution is 14.1. The van der Waals surface area contributed by atoms with Gasteiger partial charge in [0, 0.05) is 9.61 Å². The first-order chi connectivity index (χ1) is 6.69. The molecule has 1 rings (SSSR count).